The lowest BCUT2D eigenvalue weighted by Crippen LogP contribution is -1.99. The number of alkyl halides is 1. The number of halogens is 2. The van der Waals surface area contributed by atoms with Gasteiger partial charge in [0.25, 0.3) is 0 Å². The molecule has 2 rings (SSSR count). The molecule has 1 atom stereocenters. The summed E-state index contributed by atoms with van der Waals surface area (Å²) in [7, 11) is 3.28. The standard InChI is InChI=1S/C15H16Br2O3/c1-8-7-11(9(2)20-8)13(16)10-5-6-12(18-3)14(17)15(10)19-4/h5-7,13H,1-4H3. The Labute approximate surface area is 135 Å². The van der Waals surface area contributed by atoms with E-state index in [4.69, 9.17) is 13.9 Å². The SMILES string of the molecule is COc1ccc(C(Br)c2cc(C)oc2C)c(OC)c1Br. The van der Waals surface area contributed by atoms with Gasteiger partial charge in [-0.3, -0.25) is 0 Å². The van der Waals surface area contributed by atoms with Crippen molar-refractivity contribution in [1.29, 1.82) is 0 Å². The quantitative estimate of drug-likeness (QED) is 0.660. The van der Waals surface area contributed by atoms with Gasteiger partial charge in [0.15, 0.2) is 0 Å². The van der Waals surface area contributed by atoms with Gasteiger partial charge in [-0.2, -0.15) is 0 Å². The zero-order chi connectivity index (χ0) is 14.9. The molecule has 0 spiro atoms. The summed E-state index contributed by atoms with van der Waals surface area (Å²) in [6.45, 7) is 3.90. The molecule has 0 aliphatic rings. The first-order valence-corrected chi connectivity index (χ1v) is 7.81. The van der Waals surface area contributed by atoms with E-state index in [1.165, 1.54) is 0 Å². The molecule has 1 heterocycles. The summed E-state index contributed by atoms with van der Waals surface area (Å²) in [6.07, 6.45) is 0. The van der Waals surface area contributed by atoms with Gasteiger partial charge in [0.1, 0.15) is 27.5 Å². The van der Waals surface area contributed by atoms with Gasteiger partial charge < -0.3 is 13.9 Å². The molecule has 0 N–H and O–H groups in total. The maximum Gasteiger partial charge on any atom is 0.141 e. The molecule has 0 bridgehead atoms. The minimum atomic E-state index is -0.00268. The zero-order valence-corrected chi connectivity index (χ0v) is 15.0. The first kappa shape index (κ1) is 15.4. The maximum absolute atomic E-state index is 5.60. The Balaban J connectivity index is 2.52. The van der Waals surface area contributed by atoms with E-state index < -0.39 is 0 Å². The van der Waals surface area contributed by atoms with Gasteiger partial charge >= 0.3 is 0 Å². The van der Waals surface area contributed by atoms with E-state index in [-0.39, 0.29) is 4.83 Å². The average molecular weight is 404 g/mol. The first-order valence-electron chi connectivity index (χ1n) is 6.11. The third-order valence-electron chi connectivity index (χ3n) is 3.14. The molecule has 20 heavy (non-hydrogen) atoms. The highest BCUT2D eigenvalue weighted by Gasteiger charge is 2.22. The number of furan rings is 1. The Morgan fingerprint density at radius 3 is 2.30 bits per heavy atom. The van der Waals surface area contributed by atoms with Gasteiger partial charge in [-0.1, -0.05) is 22.0 Å². The van der Waals surface area contributed by atoms with Crippen molar-refractivity contribution in [3.63, 3.8) is 0 Å². The van der Waals surface area contributed by atoms with Crippen LogP contribution in [0.2, 0.25) is 0 Å². The van der Waals surface area contributed by atoms with Crippen LogP contribution in [0.4, 0.5) is 0 Å². The lowest BCUT2D eigenvalue weighted by Gasteiger charge is -2.17. The molecule has 1 aromatic carbocycles. The fraction of sp³-hybridized carbons (Fsp3) is 0.333. The number of hydrogen-bond donors (Lipinski definition) is 0. The third kappa shape index (κ3) is 2.74. The topological polar surface area (TPSA) is 31.6 Å². The zero-order valence-electron chi connectivity index (χ0n) is 11.8. The van der Waals surface area contributed by atoms with E-state index in [1.807, 2.05) is 32.0 Å². The minimum absolute atomic E-state index is 0.00268. The molecule has 0 radical (unpaired) electrons. The van der Waals surface area contributed by atoms with Crippen molar-refractivity contribution in [2.45, 2.75) is 18.7 Å². The molecule has 1 aromatic heterocycles. The minimum Gasteiger partial charge on any atom is -0.495 e. The van der Waals surface area contributed by atoms with Crippen LogP contribution in [0.5, 0.6) is 11.5 Å². The number of methoxy groups -OCH3 is 2. The van der Waals surface area contributed by atoms with Gasteiger partial charge in [0.05, 0.1) is 19.0 Å². The van der Waals surface area contributed by atoms with Crippen molar-refractivity contribution in [2.24, 2.45) is 0 Å². The third-order valence-corrected chi connectivity index (χ3v) is 4.88. The summed E-state index contributed by atoms with van der Waals surface area (Å²) in [5.41, 5.74) is 2.11. The Hall–Kier alpha value is -0.940. The molecule has 0 fully saturated rings. The van der Waals surface area contributed by atoms with Crippen LogP contribution in [0.1, 0.15) is 27.5 Å². The predicted molar refractivity (Wildman–Crippen MR) is 86.2 cm³/mol. The lowest BCUT2D eigenvalue weighted by molar-refractivity contribution is 0.386. The predicted octanol–water partition coefficient (Wildman–Crippen LogP) is 5.16. The number of aryl methyl sites for hydroxylation is 2. The van der Waals surface area contributed by atoms with Crippen LogP contribution >= 0.6 is 31.9 Å². The Kier molecular flexibility index (Phi) is 4.81. The molecular weight excluding hydrogens is 388 g/mol. The summed E-state index contributed by atoms with van der Waals surface area (Å²) in [4.78, 5) is -0.00268. The Bertz CT molecular complexity index is 620. The van der Waals surface area contributed by atoms with Gasteiger partial charge in [0, 0.05) is 11.1 Å². The van der Waals surface area contributed by atoms with E-state index in [9.17, 15) is 0 Å². The lowest BCUT2D eigenvalue weighted by atomic mass is 10.0. The van der Waals surface area contributed by atoms with Gasteiger partial charge in [-0.25, -0.2) is 0 Å². The Morgan fingerprint density at radius 2 is 1.80 bits per heavy atom. The number of benzene rings is 1. The van der Waals surface area contributed by atoms with Crippen LogP contribution < -0.4 is 9.47 Å². The molecule has 0 amide bonds. The fourth-order valence-corrected chi connectivity index (χ4v) is 3.69. The molecule has 0 saturated carbocycles. The summed E-state index contributed by atoms with van der Waals surface area (Å²) in [6, 6.07) is 5.94. The average Bonchev–Trinajstić information content (AvgIpc) is 2.76. The first-order chi connectivity index (χ1) is 9.49. The number of hydrogen-bond acceptors (Lipinski definition) is 3. The van der Waals surface area contributed by atoms with E-state index in [1.54, 1.807) is 14.2 Å². The van der Waals surface area contributed by atoms with Crippen molar-refractivity contribution in [3.8, 4) is 11.5 Å². The summed E-state index contributed by atoms with van der Waals surface area (Å²) in [5.74, 6) is 3.29. The van der Waals surface area contributed by atoms with Crippen molar-refractivity contribution in [2.75, 3.05) is 14.2 Å². The van der Waals surface area contributed by atoms with Crippen LogP contribution in [0.3, 0.4) is 0 Å². The summed E-state index contributed by atoms with van der Waals surface area (Å²) >= 11 is 7.25. The van der Waals surface area contributed by atoms with Crippen LogP contribution in [0.15, 0.2) is 27.1 Å². The van der Waals surface area contributed by atoms with Crippen molar-refractivity contribution >= 4 is 31.9 Å². The molecule has 0 aliphatic heterocycles. The number of rotatable bonds is 4. The Morgan fingerprint density at radius 1 is 1.10 bits per heavy atom. The van der Waals surface area contributed by atoms with E-state index in [0.717, 1.165) is 38.6 Å². The smallest absolute Gasteiger partial charge is 0.141 e. The normalized spacial score (nSPS) is 12.3. The van der Waals surface area contributed by atoms with Crippen LogP contribution in [-0.4, -0.2) is 14.2 Å². The van der Waals surface area contributed by atoms with Gasteiger partial charge in [-0.15, -0.1) is 0 Å². The monoisotopic (exact) mass is 402 g/mol. The van der Waals surface area contributed by atoms with Crippen molar-refractivity contribution < 1.29 is 13.9 Å². The van der Waals surface area contributed by atoms with Crippen molar-refractivity contribution in [3.05, 3.63) is 45.3 Å². The molecule has 5 heteroatoms. The summed E-state index contributed by atoms with van der Waals surface area (Å²) in [5, 5.41) is 0. The number of ether oxygens (including phenoxy) is 2. The van der Waals surface area contributed by atoms with E-state index in [2.05, 4.69) is 31.9 Å². The second-order valence-electron chi connectivity index (χ2n) is 4.44. The van der Waals surface area contributed by atoms with E-state index in [0.29, 0.717) is 0 Å². The highest BCUT2D eigenvalue weighted by molar-refractivity contribution is 9.10. The summed E-state index contributed by atoms with van der Waals surface area (Å²) < 4.78 is 17.2. The fourth-order valence-electron chi connectivity index (χ4n) is 2.19. The molecule has 108 valence electrons. The largest absolute Gasteiger partial charge is 0.495 e. The second-order valence-corrected chi connectivity index (χ2v) is 6.14. The maximum atomic E-state index is 5.60. The molecule has 1 unspecified atom stereocenters. The van der Waals surface area contributed by atoms with Gasteiger partial charge in [-0.05, 0) is 41.9 Å². The highest BCUT2D eigenvalue weighted by atomic mass is 79.9. The van der Waals surface area contributed by atoms with E-state index >= 15 is 0 Å². The highest BCUT2D eigenvalue weighted by Crippen LogP contribution is 2.45. The molecule has 0 aliphatic carbocycles. The van der Waals surface area contributed by atoms with Crippen LogP contribution in [0.25, 0.3) is 0 Å². The molecule has 2 aromatic rings. The van der Waals surface area contributed by atoms with Gasteiger partial charge in [0.2, 0.25) is 0 Å². The van der Waals surface area contributed by atoms with Crippen LogP contribution in [-0.2, 0) is 0 Å². The molecule has 3 nitrogen and oxygen atoms in total. The molecular formula is C15H16Br2O3. The van der Waals surface area contributed by atoms with Crippen LogP contribution in [0, 0.1) is 13.8 Å². The second kappa shape index (κ2) is 6.22. The molecule has 0 saturated heterocycles. The van der Waals surface area contributed by atoms with Crippen molar-refractivity contribution in [1.82, 2.24) is 0 Å².